The molecule has 1 heterocycles. The summed E-state index contributed by atoms with van der Waals surface area (Å²) in [5, 5.41) is 9.19. The zero-order valence-corrected chi connectivity index (χ0v) is 12.0. The van der Waals surface area contributed by atoms with Crippen LogP contribution in [0.4, 0.5) is 0 Å². The smallest absolute Gasteiger partial charge is 0.307 e. The maximum absolute atomic E-state index is 12.6. The predicted octanol–water partition coefficient (Wildman–Crippen LogP) is 0.566. The number of carboxylic acid groups (broad SMARTS) is 1. The second-order valence-electron chi connectivity index (χ2n) is 5.90. The predicted molar refractivity (Wildman–Crippen MR) is 71.9 cm³/mol. The van der Waals surface area contributed by atoms with Crippen LogP contribution in [0.15, 0.2) is 0 Å². The summed E-state index contributed by atoms with van der Waals surface area (Å²) in [7, 11) is 3.36. The summed E-state index contributed by atoms with van der Waals surface area (Å²) < 4.78 is 0. The first-order chi connectivity index (χ1) is 9.43. The lowest BCUT2D eigenvalue weighted by Gasteiger charge is -2.29. The molecule has 1 saturated carbocycles. The molecule has 1 N–H and O–H groups in total. The Morgan fingerprint density at radius 2 is 1.70 bits per heavy atom. The van der Waals surface area contributed by atoms with Gasteiger partial charge in [-0.3, -0.25) is 14.4 Å². The molecule has 0 aromatic rings. The molecule has 3 atom stereocenters. The molecule has 3 unspecified atom stereocenters. The van der Waals surface area contributed by atoms with Crippen LogP contribution in [-0.4, -0.2) is 59.4 Å². The van der Waals surface area contributed by atoms with Crippen LogP contribution in [0.5, 0.6) is 0 Å². The van der Waals surface area contributed by atoms with Gasteiger partial charge in [0.1, 0.15) is 6.04 Å². The van der Waals surface area contributed by atoms with E-state index in [0.29, 0.717) is 25.8 Å². The highest BCUT2D eigenvalue weighted by atomic mass is 16.4. The SMILES string of the molecule is CN(C)C(=O)C1CCCN1C(=O)C1CCCC1C(=O)O. The Bertz CT molecular complexity index is 421. The summed E-state index contributed by atoms with van der Waals surface area (Å²) in [6.07, 6.45) is 3.43. The monoisotopic (exact) mass is 282 g/mol. The average molecular weight is 282 g/mol. The first kappa shape index (κ1) is 14.8. The van der Waals surface area contributed by atoms with E-state index in [1.807, 2.05) is 0 Å². The van der Waals surface area contributed by atoms with E-state index in [9.17, 15) is 19.5 Å². The van der Waals surface area contributed by atoms with Crippen LogP contribution in [0.25, 0.3) is 0 Å². The Morgan fingerprint density at radius 1 is 1.05 bits per heavy atom. The third kappa shape index (κ3) is 2.64. The number of carbonyl (C=O) groups excluding carboxylic acids is 2. The van der Waals surface area contributed by atoms with Crippen molar-refractivity contribution in [3.05, 3.63) is 0 Å². The van der Waals surface area contributed by atoms with Gasteiger partial charge in [0.15, 0.2) is 0 Å². The van der Waals surface area contributed by atoms with Gasteiger partial charge in [0.2, 0.25) is 11.8 Å². The Balaban J connectivity index is 2.11. The highest BCUT2D eigenvalue weighted by Crippen LogP contribution is 2.35. The van der Waals surface area contributed by atoms with E-state index in [4.69, 9.17) is 0 Å². The van der Waals surface area contributed by atoms with E-state index in [0.717, 1.165) is 12.8 Å². The molecule has 20 heavy (non-hydrogen) atoms. The van der Waals surface area contributed by atoms with Gasteiger partial charge in [-0.15, -0.1) is 0 Å². The number of hydrogen-bond acceptors (Lipinski definition) is 3. The van der Waals surface area contributed by atoms with Gasteiger partial charge in [-0.1, -0.05) is 6.42 Å². The van der Waals surface area contributed by atoms with Crippen LogP contribution in [0.2, 0.25) is 0 Å². The highest BCUT2D eigenvalue weighted by Gasteiger charge is 2.44. The molecule has 0 bridgehead atoms. The number of aliphatic carboxylic acids is 1. The Hall–Kier alpha value is -1.59. The third-order valence-electron chi connectivity index (χ3n) is 4.41. The fourth-order valence-electron chi connectivity index (χ4n) is 3.35. The number of carbonyl (C=O) groups is 3. The molecule has 2 rings (SSSR count). The molecule has 0 radical (unpaired) electrons. The Kier molecular flexibility index (Phi) is 4.30. The minimum Gasteiger partial charge on any atom is -0.481 e. The van der Waals surface area contributed by atoms with Gasteiger partial charge in [-0.2, -0.15) is 0 Å². The molecule has 1 aliphatic carbocycles. The number of nitrogens with zero attached hydrogens (tertiary/aromatic N) is 2. The molecule has 1 saturated heterocycles. The average Bonchev–Trinajstić information content (AvgIpc) is 3.05. The summed E-state index contributed by atoms with van der Waals surface area (Å²) in [6, 6.07) is -0.410. The largest absolute Gasteiger partial charge is 0.481 e. The van der Waals surface area contributed by atoms with Gasteiger partial charge >= 0.3 is 5.97 Å². The van der Waals surface area contributed by atoms with E-state index in [2.05, 4.69) is 0 Å². The highest BCUT2D eigenvalue weighted by molar-refractivity contribution is 5.91. The fourth-order valence-corrected chi connectivity index (χ4v) is 3.35. The molecular weight excluding hydrogens is 260 g/mol. The number of amides is 2. The molecule has 0 aromatic carbocycles. The van der Waals surface area contributed by atoms with Gasteiger partial charge in [0.05, 0.1) is 11.8 Å². The van der Waals surface area contributed by atoms with E-state index in [1.165, 1.54) is 4.90 Å². The summed E-state index contributed by atoms with van der Waals surface area (Å²) in [4.78, 5) is 39.0. The molecule has 2 amide bonds. The van der Waals surface area contributed by atoms with Gasteiger partial charge in [0, 0.05) is 20.6 Å². The number of carboxylic acids is 1. The summed E-state index contributed by atoms with van der Waals surface area (Å²) >= 11 is 0. The van der Waals surface area contributed by atoms with Crippen LogP contribution in [0.1, 0.15) is 32.1 Å². The van der Waals surface area contributed by atoms with Crippen molar-refractivity contribution in [3.8, 4) is 0 Å². The Morgan fingerprint density at radius 3 is 2.30 bits per heavy atom. The molecule has 6 heteroatoms. The molecule has 6 nitrogen and oxygen atoms in total. The molecule has 2 fully saturated rings. The number of rotatable bonds is 3. The van der Waals surface area contributed by atoms with Crippen molar-refractivity contribution in [3.63, 3.8) is 0 Å². The molecule has 0 spiro atoms. The molecule has 1 aliphatic heterocycles. The third-order valence-corrected chi connectivity index (χ3v) is 4.41. The summed E-state index contributed by atoms with van der Waals surface area (Å²) in [6.45, 7) is 0.561. The van der Waals surface area contributed by atoms with Gasteiger partial charge in [0.25, 0.3) is 0 Å². The topological polar surface area (TPSA) is 77.9 Å². The second kappa shape index (κ2) is 5.81. The van der Waals surface area contributed by atoms with Gasteiger partial charge in [-0.25, -0.2) is 0 Å². The standard InChI is InChI=1S/C14H22N2O4/c1-15(2)13(18)11-7-4-8-16(11)12(17)9-5-3-6-10(9)14(19)20/h9-11H,3-8H2,1-2H3,(H,19,20). The Labute approximate surface area is 118 Å². The molecule has 0 aromatic heterocycles. The minimum atomic E-state index is -0.893. The van der Waals surface area contributed by atoms with E-state index in [1.54, 1.807) is 19.0 Å². The van der Waals surface area contributed by atoms with Crippen molar-refractivity contribution in [2.75, 3.05) is 20.6 Å². The second-order valence-corrected chi connectivity index (χ2v) is 5.90. The molecule has 112 valence electrons. The zero-order chi connectivity index (χ0) is 14.9. The van der Waals surface area contributed by atoms with Crippen molar-refractivity contribution in [1.29, 1.82) is 0 Å². The lowest BCUT2D eigenvalue weighted by molar-refractivity contribution is -0.151. The summed E-state index contributed by atoms with van der Waals surface area (Å²) in [5.41, 5.74) is 0. The molecule has 2 aliphatic rings. The van der Waals surface area contributed by atoms with Crippen molar-refractivity contribution in [1.82, 2.24) is 9.80 Å². The van der Waals surface area contributed by atoms with Crippen LogP contribution >= 0.6 is 0 Å². The van der Waals surface area contributed by atoms with Crippen LogP contribution < -0.4 is 0 Å². The lowest BCUT2D eigenvalue weighted by Crippen LogP contribution is -2.48. The van der Waals surface area contributed by atoms with E-state index < -0.39 is 23.8 Å². The van der Waals surface area contributed by atoms with Gasteiger partial charge < -0.3 is 14.9 Å². The zero-order valence-electron chi connectivity index (χ0n) is 12.0. The fraction of sp³-hybridized carbons (Fsp3) is 0.786. The molecular formula is C14H22N2O4. The normalized spacial score (nSPS) is 29.5. The first-order valence-corrected chi connectivity index (χ1v) is 7.18. The quantitative estimate of drug-likeness (QED) is 0.820. The van der Waals surface area contributed by atoms with Crippen LogP contribution in [0, 0.1) is 11.8 Å². The number of likely N-dealkylation sites (tertiary alicyclic amines) is 1. The van der Waals surface area contributed by atoms with E-state index in [-0.39, 0.29) is 11.8 Å². The van der Waals surface area contributed by atoms with Gasteiger partial charge in [-0.05, 0) is 25.7 Å². The summed E-state index contributed by atoms with van der Waals surface area (Å²) in [5.74, 6) is -2.15. The van der Waals surface area contributed by atoms with Crippen molar-refractivity contribution in [2.24, 2.45) is 11.8 Å². The lowest BCUT2D eigenvalue weighted by atomic mass is 9.94. The van der Waals surface area contributed by atoms with E-state index >= 15 is 0 Å². The number of likely N-dealkylation sites (N-methyl/N-ethyl adjacent to an activating group) is 1. The van der Waals surface area contributed by atoms with Crippen LogP contribution in [-0.2, 0) is 14.4 Å². The van der Waals surface area contributed by atoms with Crippen molar-refractivity contribution in [2.45, 2.75) is 38.1 Å². The van der Waals surface area contributed by atoms with Crippen LogP contribution in [0.3, 0.4) is 0 Å². The first-order valence-electron chi connectivity index (χ1n) is 7.18. The number of hydrogen-bond donors (Lipinski definition) is 1. The minimum absolute atomic E-state index is 0.0688. The maximum atomic E-state index is 12.6. The van der Waals surface area contributed by atoms with Crippen molar-refractivity contribution < 1.29 is 19.5 Å². The maximum Gasteiger partial charge on any atom is 0.307 e. The van der Waals surface area contributed by atoms with Crippen molar-refractivity contribution >= 4 is 17.8 Å².